The number of aryl methyl sites for hydroxylation is 2. The lowest BCUT2D eigenvalue weighted by Gasteiger charge is -2.26. The second-order valence-electron chi connectivity index (χ2n) is 7.78. The number of hydrogen-bond acceptors (Lipinski definition) is 6. The summed E-state index contributed by atoms with van der Waals surface area (Å²) in [6.45, 7) is 9.04. The number of nitrogens with one attached hydrogen (secondary N) is 1. The molecular weight excluding hydrogens is 406 g/mol. The van der Waals surface area contributed by atoms with E-state index < -0.39 is 26.9 Å². The highest BCUT2D eigenvalue weighted by Gasteiger charge is 2.36. The summed E-state index contributed by atoms with van der Waals surface area (Å²) in [5, 5.41) is 9.45. The molecule has 0 aliphatic carbocycles. The summed E-state index contributed by atoms with van der Waals surface area (Å²) in [6.07, 6.45) is 6.01. The summed E-state index contributed by atoms with van der Waals surface area (Å²) in [7, 11) is -3.50. The Bertz CT molecular complexity index is 1180. The summed E-state index contributed by atoms with van der Waals surface area (Å²) < 4.78 is 24.8. The first kappa shape index (κ1) is 23.5. The number of allylic oxidation sites excluding steroid dienone is 3. The summed E-state index contributed by atoms with van der Waals surface area (Å²) in [5.41, 5.74) is 3.26. The van der Waals surface area contributed by atoms with Gasteiger partial charge in [-0.05, 0) is 50.0 Å². The van der Waals surface area contributed by atoms with Crippen LogP contribution in [0.5, 0.6) is 0 Å². The number of carbonyl (C=O) groups excluding carboxylic acids is 1. The minimum absolute atomic E-state index is 0.0256. The van der Waals surface area contributed by atoms with Crippen molar-refractivity contribution in [2.45, 2.75) is 33.7 Å². The first-order valence-corrected chi connectivity index (χ1v) is 11.4. The standard InChI is InChI=1S/C21H27N3O5S/c1-6-7-14(2)16-8-9-17-18(15(16)3)22-13-24(19(17)25)11-10-21(4,20(26)23-27)12-30(5,28)29/h6-9,13,27H,1,10-12H2,2-5H3,(H,23,26)/b14-7+/t21-/m0/s1. The van der Waals surface area contributed by atoms with Crippen LogP contribution in [0, 0.1) is 12.3 Å². The third kappa shape index (κ3) is 5.03. The fourth-order valence-corrected chi connectivity index (χ4v) is 4.99. The van der Waals surface area contributed by atoms with Gasteiger partial charge in [-0.3, -0.25) is 19.4 Å². The molecule has 0 saturated carbocycles. The van der Waals surface area contributed by atoms with Crippen LogP contribution in [0.4, 0.5) is 0 Å². The van der Waals surface area contributed by atoms with Gasteiger partial charge in [-0.1, -0.05) is 24.8 Å². The van der Waals surface area contributed by atoms with Crippen LogP contribution in [0.3, 0.4) is 0 Å². The molecular formula is C21H27N3O5S. The zero-order chi connectivity index (χ0) is 22.7. The van der Waals surface area contributed by atoms with Crippen LogP contribution < -0.4 is 11.0 Å². The van der Waals surface area contributed by atoms with Crippen molar-refractivity contribution in [2.24, 2.45) is 5.41 Å². The minimum atomic E-state index is -3.50. The Hall–Kier alpha value is -2.78. The Morgan fingerprint density at radius 1 is 1.40 bits per heavy atom. The third-order valence-corrected chi connectivity index (χ3v) is 6.34. The maximum absolute atomic E-state index is 13.0. The van der Waals surface area contributed by atoms with E-state index in [4.69, 9.17) is 5.21 Å². The summed E-state index contributed by atoms with van der Waals surface area (Å²) >= 11 is 0. The van der Waals surface area contributed by atoms with E-state index in [0.29, 0.717) is 10.9 Å². The van der Waals surface area contributed by atoms with Gasteiger partial charge in [-0.15, -0.1) is 0 Å². The molecule has 2 N–H and O–H groups in total. The molecule has 1 heterocycles. The van der Waals surface area contributed by atoms with Crippen molar-refractivity contribution in [2.75, 3.05) is 12.0 Å². The van der Waals surface area contributed by atoms with Gasteiger partial charge in [-0.2, -0.15) is 0 Å². The van der Waals surface area contributed by atoms with E-state index in [9.17, 15) is 18.0 Å². The number of aromatic nitrogens is 2. The van der Waals surface area contributed by atoms with Crippen molar-refractivity contribution in [1.29, 1.82) is 0 Å². The number of sulfone groups is 1. The van der Waals surface area contributed by atoms with Crippen molar-refractivity contribution in [3.05, 3.63) is 58.7 Å². The smallest absolute Gasteiger partial charge is 0.261 e. The second kappa shape index (κ2) is 8.93. The first-order valence-electron chi connectivity index (χ1n) is 9.34. The van der Waals surface area contributed by atoms with E-state index in [1.165, 1.54) is 23.3 Å². The van der Waals surface area contributed by atoms with Crippen molar-refractivity contribution in [3.8, 4) is 0 Å². The fraction of sp³-hybridized carbons (Fsp3) is 0.381. The maximum Gasteiger partial charge on any atom is 0.261 e. The maximum atomic E-state index is 13.0. The van der Waals surface area contributed by atoms with Crippen LogP contribution in [0.2, 0.25) is 0 Å². The molecule has 0 saturated heterocycles. The number of benzene rings is 1. The van der Waals surface area contributed by atoms with E-state index in [0.717, 1.165) is 23.0 Å². The number of hydrogen-bond donors (Lipinski definition) is 2. The number of amides is 1. The van der Waals surface area contributed by atoms with E-state index >= 15 is 0 Å². The van der Waals surface area contributed by atoms with Crippen LogP contribution in [-0.4, -0.2) is 41.1 Å². The number of fused-ring (bicyclic) bond motifs is 1. The van der Waals surface area contributed by atoms with Gasteiger partial charge in [0.25, 0.3) is 5.56 Å². The molecule has 0 unspecified atom stereocenters. The lowest BCUT2D eigenvalue weighted by atomic mass is 9.88. The lowest BCUT2D eigenvalue weighted by molar-refractivity contribution is -0.138. The third-order valence-electron chi connectivity index (χ3n) is 5.18. The average Bonchev–Trinajstić information content (AvgIpc) is 2.66. The van der Waals surface area contributed by atoms with Gasteiger partial charge in [0.05, 0.1) is 28.4 Å². The molecule has 1 amide bonds. The Balaban J connectivity index is 2.44. The molecule has 0 spiro atoms. The molecule has 30 heavy (non-hydrogen) atoms. The molecule has 0 aliphatic heterocycles. The lowest BCUT2D eigenvalue weighted by Crippen LogP contribution is -2.43. The molecule has 2 rings (SSSR count). The van der Waals surface area contributed by atoms with Crippen LogP contribution in [0.15, 0.2) is 42.0 Å². The second-order valence-corrected chi connectivity index (χ2v) is 9.92. The molecule has 2 aromatic rings. The Kier molecular flexibility index (Phi) is 6.99. The normalized spacial score (nSPS) is 14.4. The van der Waals surface area contributed by atoms with Gasteiger partial charge in [0.1, 0.15) is 9.84 Å². The summed E-state index contributed by atoms with van der Waals surface area (Å²) in [5.74, 6) is -1.28. The molecule has 8 nitrogen and oxygen atoms in total. The fourth-order valence-electron chi connectivity index (χ4n) is 3.56. The Morgan fingerprint density at radius 2 is 2.07 bits per heavy atom. The zero-order valence-corrected chi connectivity index (χ0v) is 18.4. The molecule has 162 valence electrons. The predicted octanol–water partition coefficient (Wildman–Crippen LogP) is 2.24. The van der Waals surface area contributed by atoms with Crippen molar-refractivity contribution >= 4 is 32.2 Å². The van der Waals surface area contributed by atoms with Gasteiger partial charge in [0, 0.05) is 12.8 Å². The first-order chi connectivity index (χ1) is 13.9. The molecule has 0 radical (unpaired) electrons. The highest BCUT2D eigenvalue weighted by Crippen LogP contribution is 2.26. The van der Waals surface area contributed by atoms with Gasteiger partial charge in [0.2, 0.25) is 5.91 Å². The zero-order valence-electron chi connectivity index (χ0n) is 17.6. The van der Waals surface area contributed by atoms with Crippen LogP contribution in [0.25, 0.3) is 16.5 Å². The molecule has 9 heteroatoms. The highest BCUT2D eigenvalue weighted by molar-refractivity contribution is 7.90. The van der Waals surface area contributed by atoms with Crippen molar-refractivity contribution in [1.82, 2.24) is 15.0 Å². The number of rotatable bonds is 8. The molecule has 1 aromatic heterocycles. The number of hydroxylamine groups is 1. The monoisotopic (exact) mass is 433 g/mol. The SMILES string of the molecule is C=C/C=C(\C)c1ccc2c(=O)n(CC[C@@](C)(CS(C)(=O)=O)C(=O)NO)cnc2c1C. The predicted molar refractivity (Wildman–Crippen MR) is 117 cm³/mol. The van der Waals surface area contributed by atoms with E-state index in [-0.39, 0.29) is 18.5 Å². The molecule has 0 fully saturated rings. The van der Waals surface area contributed by atoms with Gasteiger partial charge >= 0.3 is 0 Å². The summed E-state index contributed by atoms with van der Waals surface area (Å²) in [4.78, 5) is 29.5. The van der Waals surface area contributed by atoms with Crippen LogP contribution >= 0.6 is 0 Å². The highest BCUT2D eigenvalue weighted by atomic mass is 32.2. The molecule has 1 aromatic carbocycles. The largest absolute Gasteiger partial charge is 0.299 e. The average molecular weight is 434 g/mol. The molecule has 0 bridgehead atoms. The minimum Gasteiger partial charge on any atom is -0.299 e. The quantitative estimate of drug-likeness (QED) is 0.374. The number of nitrogens with zero attached hydrogens (tertiary/aromatic N) is 2. The van der Waals surface area contributed by atoms with Crippen molar-refractivity contribution in [3.63, 3.8) is 0 Å². The van der Waals surface area contributed by atoms with E-state index in [1.54, 1.807) is 12.1 Å². The van der Waals surface area contributed by atoms with Gasteiger partial charge in [0.15, 0.2) is 0 Å². The van der Waals surface area contributed by atoms with Crippen molar-refractivity contribution < 1.29 is 18.4 Å². The van der Waals surface area contributed by atoms with Crippen LogP contribution in [0.1, 0.15) is 31.4 Å². The summed E-state index contributed by atoms with van der Waals surface area (Å²) in [6, 6.07) is 3.56. The topological polar surface area (TPSA) is 118 Å². The Labute approximate surface area is 175 Å². The van der Waals surface area contributed by atoms with Gasteiger partial charge in [-0.25, -0.2) is 18.9 Å². The van der Waals surface area contributed by atoms with E-state index in [1.807, 2.05) is 26.0 Å². The van der Waals surface area contributed by atoms with E-state index in [2.05, 4.69) is 11.6 Å². The Morgan fingerprint density at radius 3 is 2.63 bits per heavy atom. The number of carbonyl (C=O) groups is 1. The van der Waals surface area contributed by atoms with Crippen LogP contribution in [-0.2, 0) is 21.2 Å². The molecule has 0 aliphatic rings. The van der Waals surface area contributed by atoms with Gasteiger partial charge < -0.3 is 0 Å². The molecule has 1 atom stereocenters.